The van der Waals surface area contributed by atoms with Crippen LogP contribution in [0.1, 0.15) is 19.3 Å². The predicted molar refractivity (Wildman–Crippen MR) is 137 cm³/mol. The van der Waals surface area contributed by atoms with Crippen LogP contribution in [-0.4, -0.2) is 93.4 Å². The number of hydrogen-bond donors (Lipinski definition) is 2. The summed E-state index contributed by atoms with van der Waals surface area (Å²) in [5.74, 6) is -3.16. The third-order valence-electron chi connectivity index (χ3n) is 7.50. The fraction of sp³-hybridized carbons (Fsp3) is 0.542. The van der Waals surface area contributed by atoms with E-state index in [1.165, 1.54) is 11.8 Å². The monoisotopic (exact) mass is 577 g/mol. The fourth-order valence-corrected chi connectivity index (χ4v) is 9.66. The second kappa shape index (κ2) is 9.79. The Kier molecular flexibility index (Phi) is 6.86. The highest BCUT2D eigenvalue weighted by atomic mass is 79.9. The number of carbonyl (C=O) groups excluding carboxylic acids is 2. The number of fused-ring (bicyclic) bond motifs is 2. The van der Waals surface area contributed by atoms with Crippen molar-refractivity contribution in [3.8, 4) is 0 Å². The highest BCUT2D eigenvalue weighted by Crippen LogP contribution is 2.67. The van der Waals surface area contributed by atoms with E-state index < -0.39 is 28.6 Å². The molecule has 3 fully saturated rings. The van der Waals surface area contributed by atoms with Crippen molar-refractivity contribution in [3.63, 3.8) is 0 Å². The maximum Gasteiger partial charge on any atom is 0.308 e. The number of aliphatic hydroxyl groups excluding tert-OH is 1. The van der Waals surface area contributed by atoms with Gasteiger partial charge in [0.05, 0.1) is 22.1 Å². The van der Waals surface area contributed by atoms with Crippen LogP contribution >= 0.6 is 27.7 Å². The first-order valence-electron chi connectivity index (χ1n) is 12.0. The Morgan fingerprint density at radius 3 is 2.83 bits per heavy atom. The second-order valence-electron chi connectivity index (χ2n) is 9.53. The molecule has 4 heterocycles. The SMILES string of the molecule is C=CCN(Cn1nnc2ccccc21)C(=O)C1N(CCCCO)C(=O)[C@@H]2[C@@H](C(=O)O)[C@@H]3SC12CC3Br. The summed E-state index contributed by atoms with van der Waals surface area (Å²) in [5.41, 5.74) is 1.49. The number of carboxylic acid groups (broad SMARTS) is 1. The number of halogens is 1. The number of thioether (sulfide) groups is 1. The lowest BCUT2D eigenvalue weighted by Gasteiger charge is -2.37. The van der Waals surface area contributed by atoms with Gasteiger partial charge in [0.25, 0.3) is 0 Å². The van der Waals surface area contributed by atoms with Gasteiger partial charge in [-0.15, -0.1) is 23.4 Å². The highest BCUT2D eigenvalue weighted by Gasteiger charge is 2.75. The molecule has 1 spiro atoms. The fourth-order valence-electron chi connectivity index (χ4n) is 6.06. The number of alkyl halides is 1. The normalized spacial score (nSPS) is 30.7. The van der Waals surface area contributed by atoms with Gasteiger partial charge in [-0.2, -0.15) is 0 Å². The molecule has 3 unspecified atom stereocenters. The summed E-state index contributed by atoms with van der Waals surface area (Å²) >= 11 is 5.12. The molecule has 3 aliphatic rings. The third-order valence-corrected chi connectivity index (χ3v) is 10.7. The van der Waals surface area contributed by atoms with Crippen molar-refractivity contribution in [3.05, 3.63) is 36.9 Å². The Labute approximate surface area is 220 Å². The number of aliphatic carboxylic acids is 1. The maximum atomic E-state index is 14.3. The van der Waals surface area contributed by atoms with Crippen molar-refractivity contribution >= 4 is 56.5 Å². The molecule has 3 saturated heterocycles. The predicted octanol–water partition coefficient (Wildman–Crippen LogP) is 1.73. The zero-order valence-corrected chi connectivity index (χ0v) is 22.0. The number of carboxylic acids is 1. The minimum absolute atomic E-state index is 0.0186. The van der Waals surface area contributed by atoms with Crippen molar-refractivity contribution < 1.29 is 24.6 Å². The van der Waals surface area contributed by atoms with E-state index in [9.17, 15) is 24.6 Å². The molecule has 3 aliphatic heterocycles. The Balaban J connectivity index is 1.52. The number of amides is 2. The minimum atomic E-state index is -1.00. The van der Waals surface area contributed by atoms with E-state index in [0.29, 0.717) is 24.8 Å². The number of aromatic nitrogens is 3. The molecule has 0 saturated carbocycles. The molecule has 2 N–H and O–H groups in total. The van der Waals surface area contributed by atoms with Gasteiger partial charge < -0.3 is 20.0 Å². The first kappa shape index (κ1) is 25.2. The molecule has 0 aliphatic carbocycles. The molecular weight excluding hydrogens is 550 g/mol. The number of likely N-dealkylation sites (tertiary alicyclic amines) is 1. The number of rotatable bonds is 10. The smallest absolute Gasteiger partial charge is 0.308 e. The summed E-state index contributed by atoms with van der Waals surface area (Å²) in [5, 5.41) is 27.5. The Bertz CT molecular complexity index is 1210. The van der Waals surface area contributed by atoms with Crippen LogP contribution in [0.5, 0.6) is 0 Å². The summed E-state index contributed by atoms with van der Waals surface area (Å²) in [6, 6.07) is 6.65. The zero-order valence-electron chi connectivity index (χ0n) is 19.6. The summed E-state index contributed by atoms with van der Waals surface area (Å²) < 4.78 is 0.810. The van der Waals surface area contributed by atoms with Crippen molar-refractivity contribution in [2.45, 2.75) is 46.8 Å². The number of unbranched alkanes of at least 4 members (excludes halogenated alkanes) is 1. The van der Waals surface area contributed by atoms with Crippen LogP contribution in [-0.2, 0) is 21.1 Å². The molecule has 6 atom stereocenters. The number of para-hydroxylation sites is 1. The molecule has 1 aromatic carbocycles. The van der Waals surface area contributed by atoms with E-state index in [1.54, 1.807) is 20.6 Å². The van der Waals surface area contributed by atoms with Crippen LogP contribution in [0.2, 0.25) is 0 Å². The van der Waals surface area contributed by atoms with E-state index in [-0.39, 0.29) is 48.3 Å². The topological polar surface area (TPSA) is 129 Å². The second-order valence-corrected chi connectivity index (χ2v) is 12.2. The zero-order chi connectivity index (χ0) is 25.6. The number of aliphatic hydroxyl groups is 1. The van der Waals surface area contributed by atoms with Gasteiger partial charge in [0, 0.05) is 29.8 Å². The highest BCUT2D eigenvalue weighted by molar-refractivity contribution is 9.09. The number of carbonyl (C=O) groups is 3. The van der Waals surface area contributed by atoms with Gasteiger partial charge in [-0.3, -0.25) is 14.4 Å². The number of hydrogen-bond acceptors (Lipinski definition) is 7. The van der Waals surface area contributed by atoms with E-state index in [2.05, 4.69) is 32.8 Å². The molecule has 36 heavy (non-hydrogen) atoms. The standard InChI is InChI=1S/C24H28BrN5O5S/c1-2-9-28(13-30-16-8-4-3-7-15(16)26-27-30)22(33)20-24-12-14(25)19(36-24)17(23(34)35)18(24)21(32)29(20)10-5-6-11-31/h2-4,7-8,14,17-20,31H,1,5-6,9-13H2,(H,34,35)/t14?,17-,18+,19-,20?,24?/m1/s1. The molecule has 5 rings (SSSR count). The Hall–Kier alpha value is -2.44. The van der Waals surface area contributed by atoms with Crippen LogP contribution < -0.4 is 0 Å². The van der Waals surface area contributed by atoms with Gasteiger partial charge in [-0.1, -0.05) is 39.4 Å². The molecule has 12 heteroatoms. The average Bonchev–Trinajstić information content (AvgIpc) is 3.56. The van der Waals surface area contributed by atoms with Crippen LogP contribution in [0.15, 0.2) is 36.9 Å². The Morgan fingerprint density at radius 2 is 2.11 bits per heavy atom. The Morgan fingerprint density at radius 1 is 1.33 bits per heavy atom. The van der Waals surface area contributed by atoms with Gasteiger partial charge >= 0.3 is 5.97 Å². The molecule has 2 aromatic rings. The molecule has 10 nitrogen and oxygen atoms in total. The first-order valence-corrected chi connectivity index (χ1v) is 13.8. The summed E-state index contributed by atoms with van der Waals surface area (Å²) in [4.78, 5) is 43.4. The largest absolute Gasteiger partial charge is 0.481 e. The summed E-state index contributed by atoms with van der Waals surface area (Å²) in [7, 11) is 0. The molecule has 192 valence electrons. The summed E-state index contributed by atoms with van der Waals surface area (Å²) in [6.07, 6.45) is 3.17. The number of benzene rings is 1. The van der Waals surface area contributed by atoms with Crippen LogP contribution in [0, 0.1) is 11.8 Å². The lowest BCUT2D eigenvalue weighted by atomic mass is 9.71. The molecule has 0 radical (unpaired) electrons. The quantitative estimate of drug-likeness (QED) is 0.248. The van der Waals surface area contributed by atoms with Crippen LogP contribution in [0.3, 0.4) is 0 Å². The first-order chi connectivity index (χ1) is 17.3. The van der Waals surface area contributed by atoms with Gasteiger partial charge in [0.1, 0.15) is 18.2 Å². The van der Waals surface area contributed by atoms with E-state index in [1.807, 2.05) is 24.3 Å². The van der Waals surface area contributed by atoms with Gasteiger partial charge in [0.2, 0.25) is 11.8 Å². The summed E-state index contributed by atoms with van der Waals surface area (Å²) in [6.45, 7) is 4.44. The average molecular weight is 578 g/mol. The van der Waals surface area contributed by atoms with E-state index in [4.69, 9.17) is 0 Å². The third kappa shape index (κ3) is 3.84. The van der Waals surface area contributed by atoms with E-state index >= 15 is 0 Å². The molecule has 2 amide bonds. The van der Waals surface area contributed by atoms with Crippen molar-refractivity contribution in [1.82, 2.24) is 24.8 Å². The molecule has 2 bridgehead atoms. The lowest BCUT2D eigenvalue weighted by molar-refractivity contribution is -0.148. The van der Waals surface area contributed by atoms with Crippen molar-refractivity contribution in [2.24, 2.45) is 11.8 Å². The molecule has 1 aromatic heterocycles. The van der Waals surface area contributed by atoms with Gasteiger partial charge in [0.15, 0.2) is 0 Å². The minimum Gasteiger partial charge on any atom is -0.481 e. The van der Waals surface area contributed by atoms with Gasteiger partial charge in [-0.05, 0) is 31.4 Å². The van der Waals surface area contributed by atoms with Crippen LogP contribution in [0.25, 0.3) is 11.0 Å². The lowest BCUT2D eigenvalue weighted by Crippen LogP contribution is -2.55. The maximum absolute atomic E-state index is 14.3. The van der Waals surface area contributed by atoms with Gasteiger partial charge in [-0.25, -0.2) is 4.68 Å². The number of nitrogens with zero attached hydrogens (tertiary/aromatic N) is 5. The van der Waals surface area contributed by atoms with Crippen molar-refractivity contribution in [1.29, 1.82) is 0 Å². The van der Waals surface area contributed by atoms with Crippen LogP contribution in [0.4, 0.5) is 0 Å². The molecular formula is C24H28BrN5O5S. The van der Waals surface area contributed by atoms with E-state index in [0.717, 1.165) is 5.52 Å². The van der Waals surface area contributed by atoms with Crippen molar-refractivity contribution in [2.75, 3.05) is 19.7 Å².